The monoisotopic (exact) mass is 409 g/mol. The SMILES string of the molecule is Cc1cccc(N2CCC(NC(=O)[C@H](N)Cc3ccccc3)CC2)c1.Cl.Cl. The number of benzene rings is 2. The van der Waals surface area contributed by atoms with E-state index in [9.17, 15) is 4.79 Å². The van der Waals surface area contributed by atoms with E-state index >= 15 is 0 Å². The molecule has 1 fully saturated rings. The number of hydrogen-bond acceptors (Lipinski definition) is 3. The highest BCUT2D eigenvalue weighted by Gasteiger charge is 2.23. The molecule has 1 aliphatic rings. The minimum Gasteiger partial charge on any atom is -0.371 e. The van der Waals surface area contributed by atoms with E-state index in [4.69, 9.17) is 5.73 Å². The topological polar surface area (TPSA) is 58.4 Å². The van der Waals surface area contributed by atoms with Crippen LogP contribution in [0.3, 0.4) is 0 Å². The molecule has 0 saturated carbocycles. The number of aryl methyl sites for hydroxylation is 1. The van der Waals surface area contributed by atoms with E-state index in [0.717, 1.165) is 31.5 Å². The first-order valence-electron chi connectivity index (χ1n) is 9.03. The minimum atomic E-state index is -0.489. The third-order valence-electron chi connectivity index (χ3n) is 4.84. The number of nitrogens with two attached hydrogens (primary N) is 1. The molecule has 1 heterocycles. The molecule has 148 valence electrons. The van der Waals surface area contributed by atoms with Crippen molar-refractivity contribution < 1.29 is 4.79 Å². The lowest BCUT2D eigenvalue weighted by atomic mass is 10.0. The van der Waals surface area contributed by atoms with Gasteiger partial charge in [0.1, 0.15) is 0 Å². The summed E-state index contributed by atoms with van der Waals surface area (Å²) in [5.74, 6) is -0.0436. The molecule has 1 aliphatic heterocycles. The molecular formula is C21H29Cl2N3O. The van der Waals surface area contributed by atoms with Crippen LogP contribution in [-0.2, 0) is 11.2 Å². The Labute approximate surface area is 174 Å². The van der Waals surface area contributed by atoms with E-state index in [1.807, 2.05) is 30.3 Å². The Balaban J connectivity index is 0.00000182. The van der Waals surface area contributed by atoms with Crippen LogP contribution in [-0.4, -0.2) is 31.1 Å². The quantitative estimate of drug-likeness (QED) is 0.794. The zero-order valence-corrected chi connectivity index (χ0v) is 17.3. The molecule has 0 spiro atoms. The van der Waals surface area contributed by atoms with Crippen molar-refractivity contribution in [3.8, 4) is 0 Å². The van der Waals surface area contributed by atoms with Gasteiger partial charge in [0, 0.05) is 24.8 Å². The summed E-state index contributed by atoms with van der Waals surface area (Å²) in [7, 11) is 0. The van der Waals surface area contributed by atoms with E-state index < -0.39 is 6.04 Å². The highest BCUT2D eigenvalue weighted by atomic mass is 35.5. The standard InChI is InChI=1S/C21H27N3O.2ClH/c1-16-6-5-9-19(14-16)24-12-10-18(11-13-24)23-21(25)20(22)15-17-7-3-2-4-8-17;;/h2-9,14,18,20H,10-13,15,22H2,1H3,(H,23,25);2*1H/t20-;;/m1../s1. The summed E-state index contributed by atoms with van der Waals surface area (Å²) in [6.45, 7) is 4.04. The maximum Gasteiger partial charge on any atom is 0.237 e. The van der Waals surface area contributed by atoms with Gasteiger partial charge in [0.15, 0.2) is 0 Å². The van der Waals surface area contributed by atoms with Crippen LogP contribution >= 0.6 is 24.8 Å². The molecule has 0 unspecified atom stereocenters. The Hall–Kier alpha value is -1.75. The van der Waals surface area contributed by atoms with E-state index in [-0.39, 0.29) is 36.8 Å². The summed E-state index contributed by atoms with van der Waals surface area (Å²) in [4.78, 5) is 14.8. The van der Waals surface area contributed by atoms with Gasteiger partial charge < -0.3 is 16.0 Å². The lowest BCUT2D eigenvalue weighted by molar-refractivity contribution is -0.123. The predicted molar refractivity (Wildman–Crippen MR) is 117 cm³/mol. The van der Waals surface area contributed by atoms with Crippen LogP contribution in [0.25, 0.3) is 0 Å². The van der Waals surface area contributed by atoms with Crippen molar-refractivity contribution in [3.63, 3.8) is 0 Å². The lowest BCUT2D eigenvalue weighted by Gasteiger charge is -2.34. The van der Waals surface area contributed by atoms with Crippen LogP contribution in [0.2, 0.25) is 0 Å². The zero-order valence-electron chi connectivity index (χ0n) is 15.6. The van der Waals surface area contributed by atoms with E-state index in [1.165, 1.54) is 11.3 Å². The van der Waals surface area contributed by atoms with Crippen LogP contribution in [0, 0.1) is 6.92 Å². The molecule has 2 aromatic carbocycles. The normalized spacial score (nSPS) is 15.3. The number of nitrogens with zero attached hydrogens (tertiary/aromatic N) is 1. The second kappa shape index (κ2) is 11.2. The van der Waals surface area contributed by atoms with Crippen molar-refractivity contribution in [2.45, 2.75) is 38.3 Å². The molecule has 2 aromatic rings. The fourth-order valence-corrected chi connectivity index (χ4v) is 3.38. The third kappa shape index (κ3) is 6.73. The number of carbonyl (C=O) groups excluding carboxylic acids is 1. The average molecular weight is 410 g/mol. The molecule has 4 nitrogen and oxygen atoms in total. The summed E-state index contributed by atoms with van der Waals surface area (Å²) in [6.07, 6.45) is 2.49. The fraction of sp³-hybridized carbons (Fsp3) is 0.381. The largest absolute Gasteiger partial charge is 0.371 e. The Kier molecular flexibility index (Phi) is 9.64. The smallest absolute Gasteiger partial charge is 0.237 e. The van der Waals surface area contributed by atoms with Gasteiger partial charge in [-0.05, 0) is 49.4 Å². The molecule has 0 bridgehead atoms. The maximum absolute atomic E-state index is 12.4. The highest BCUT2D eigenvalue weighted by molar-refractivity contribution is 5.85. The number of rotatable bonds is 5. The van der Waals surface area contributed by atoms with E-state index in [1.54, 1.807) is 0 Å². The molecule has 1 amide bonds. The van der Waals surface area contributed by atoms with Crippen LogP contribution in [0.5, 0.6) is 0 Å². The van der Waals surface area contributed by atoms with Crippen LogP contribution < -0.4 is 16.0 Å². The van der Waals surface area contributed by atoms with Crippen LogP contribution in [0.15, 0.2) is 54.6 Å². The van der Waals surface area contributed by atoms with Gasteiger partial charge in [0.25, 0.3) is 0 Å². The highest BCUT2D eigenvalue weighted by Crippen LogP contribution is 2.21. The van der Waals surface area contributed by atoms with Crippen molar-refractivity contribution >= 4 is 36.4 Å². The number of halogens is 2. The van der Waals surface area contributed by atoms with Crippen molar-refractivity contribution in [3.05, 3.63) is 65.7 Å². The van der Waals surface area contributed by atoms with Crippen molar-refractivity contribution in [1.82, 2.24) is 5.32 Å². The first-order valence-corrected chi connectivity index (χ1v) is 9.03. The predicted octanol–water partition coefficient (Wildman–Crippen LogP) is 3.49. The summed E-state index contributed by atoms with van der Waals surface area (Å²) < 4.78 is 0. The van der Waals surface area contributed by atoms with Crippen molar-refractivity contribution in [1.29, 1.82) is 0 Å². The Morgan fingerprint density at radius 3 is 2.41 bits per heavy atom. The molecule has 1 atom stereocenters. The number of hydrogen-bond donors (Lipinski definition) is 2. The molecule has 0 aromatic heterocycles. The van der Waals surface area contributed by atoms with Gasteiger partial charge >= 0.3 is 0 Å². The van der Waals surface area contributed by atoms with Crippen LogP contribution in [0.1, 0.15) is 24.0 Å². The Morgan fingerprint density at radius 2 is 1.78 bits per heavy atom. The van der Waals surface area contributed by atoms with Gasteiger partial charge in [-0.25, -0.2) is 0 Å². The van der Waals surface area contributed by atoms with E-state index in [0.29, 0.717) is 6.42 Å². The summed E-state index contributed by atoms with van der Waals surface area (Å²) in [5.41, 5.74) is 9.72. The van der Waals surface area contributed by atoms with Crippen molar-refractivity contribution in [2.24, 2.45) is 5.73 Å². The number of anilines is 1. The second-order valence-corrected chi connectivity index (χ2v) is 6.91. The molecule has 27 heavy (non-hydrogen) atoms. The number of amides is 1. The summed E-state index contributed by atoms with van der Waals surface area (Å²) in [5, 5.41) is 3.13. The summed E-state index contributed by atoms with van der Waals surface area (Å²) in [6, 6.07) is 18.2. The molecule has 0 radical (unpaired) electrons. The van der Waals surface area contributed by atoms with Gasteiger partial charge in [-0.1, -0.05) is 42.5 Å². The Morgan fingerprint density at radius 1 is 1.11 bits per heavy atom. The zero-order chi connectivity index (χ0) is 17.6. The van der Waals surface area contributed by atoms with Crippen molar-refractivity contribution in [2.75, 3.05) is 18.0 Å². The van der Waals surface area contributed by atoms with Gasteiger partial charge in [0.2, 0.25) is 5.91 Å². The first-order chi connectivity index (χ1) is 12.1. The minimum absolute atomic E-state index is 0. The van der Waals surface area contributed by atoms with Gasteiger partial charge in [-0.3, -0.25) is 4.79 Å². The molecular weight excluding hydrogens is 381 g/mol. The maximum atomic E-state index is 12.4. The molecule has 1 saturated heterocycles. The van der Waals surface area contributed by atoms with Gasteiger partial charge in [-0.2, -0.15) is 0 Å². The Bertz CT molecular complexity index is 704. The van der Waals surface area contributed by atoms with Gasteiger partial charge in [-0.15, -0.1) is 24.8 Å². The molecule has 0 aliphatic carbocycles. The second-order valence-electron chi connectivity index (χ2n) is 6.91. The average Bonchev–Trinajstić information content (AvgIpc) is 2.63. The number of nitrogens with one attached hydrogen (secondary N) is 1. The lowest BCUT2D eigenvalue weighted by Crippen LogP contribution is -2.50. The number of carbonyl (C=O) groups is 1. The van der Waals surface area contributed by atoms with E-state index in [2.05, 4.69) is 41.4 Å². The summed E-state index contributed by atoms with van der Waals surface area (Å²) >= 11 is 0. The van der Waals surface area contributed by atoms with Crippen LogP contribution in [0.4, 0.5) is 5.69 Å². The first kappa shape index (κ1) is 23.3. The third-order valence-corrected chi connectivity index (χ3v) is 4.84. The molecule has 6 heteroatoms. The number of piperidine rings is 1. The molecule has 3 rings (SSSR count). The fourth-order valence-electron chi connectivity index (χ4n) is 3.38. The van der Waals surface area contributed by atoms with Gasteiger partial charge in [0.05, 0.1) is 6.04 Å². The molecule has 3 N–H and O–H groups in total.